The van der Waals surface area contributed by atoms with Gasteiger partial charge in [0.2, 0.25) is 0 Å². The number of ether oxygens (including phenoxy) is 2. The molecule has 1 aromatic heterocycles. The van der Waals surface area contributed by atoms with Crippen LogP contribution in [0.4, 0.5) is 0 Å². The predicted molar refractivity (Wildman–Crippen MR) is 77.4 cm³/mol. The monoisotopic (exact) mass is 266 g/mol. The Bertz CT molecular complexity index is 363. The molecule has 0 fully saturated rings. The van der Waals surface area contributed by atoms with Gasteiger partial charge >= 0.3 is 0 Å². The minimum absolute atomic E-state index is 0.152. The topological polar surface area (TPSA) is 57.4 Å². The third-order valence-electron chi connectivity index (χ3n) is 3.32. The van der Waals surface area contributed by atoms with Crippen LogP contribution in [0.15, 0.2) is 18.3 Å². The molecule has 0 saturated carbocycles. The van der Waals surface area contributed by atoms with Crippen molar-refractivity contribution in [1.82, 2.24) is 4.98 Å². The molecule has 108 valence electrons. The molecular formula is C15H26N2O2. The first-order valence-electron chi connectivity index (χ1n) is 6.85. The lowest BCUT2D eigenvalue weighted by molar-refractivity contribution is 0.00542. The lowest BCUT2D eigenvalue weighted by Gasteiger charge is -2.22. The summed E-state index contributed by atoms with van der Waals surface area (Å²) in [5.74, 6) is 0.792. The van der Waals surface area contributed by atoms with Gasteiger partial charge in [0.15, 0.2) is 0 Å². The van der Waals surface area contributed by atoms with Gasteiger partial charge in [-0.25, -0.2) is 0 Å². The van der Waals surface area contributed by atoms with Gasteiger partial charge in [-0.3, -0.25) is 4.98 Å². The van der Waals surface area contributed by atoms with Crippen molar-refractivity contribution in [2.45, 2.75) is 51.7 Å². The van der Waals surface area contributed by atoms with Crippen molar-refractivity contribution in [3.8, 4) is 5.75 Å². The molecule has 0 amide bonds. The van der Waals surface area contributed by atoms with Crippen molar-refractivity contribution < 1.29 is 9.47 Å². The van der Waals surface area contributed by atoms with Gasteiger partial charge in [-0.1, -0.05) is 6.92 Å². The molecule has 1 atom stereocenters. The molecule has 4 heteroatoms. The van der Waals surface area contributed by atoms with Crippen molar-refractivity contribution in [2.75, 3.05) is 13.7 Å². The number of hydrogen-bond acceptors (Lipinski definition) is 4. The van der Waals surface area contributed by atoms with E-state index in [0.717, 1.165) is 30.7 Å². The summed E-state index contributed by atoms with van der Waals surface area (Å²) >= 11 is 0. The quantitative estimate of drug-likeness (QED) is 0.785. The minimum atomic E-state index is -0.152. The first-order chi connectivity index (χ1) is 8.96. The van der Waals surface area contributed by atoms with E-state index >= 15 is 0 Å². The number of aromatic nitrogens is 1. The second-order valence-corrected chi connectivity index (χ2v) is 5.42. The Hall–Kier alpha value is -1.13. The van der Waals surface area contributed by atoms with E-state index in [1.807, 2.05) is 26.0 Å². The first-order valence-corrected chi connectivity index (χ1v) is 6.85. The first kappa shape index (κ1) is 15.9. The highest BCUT2D eigenvalue weighted by molar-refractivity contribution is 5.20. The summed E-state index contributed by atoms with van der Waals surface area (Å²) in [4.78, 5) is 4.37. The van der Waals surface area contributed by atoms with Crippen molar-refractivity contribution in [1.29, 1.82) is 0 Å². The van der Waals surface area contributed by atoms with Crippen molar-refractivity contribution in [3.05, 3.63) is 24.0 Å². The van der Waals surface area contributed by atoms with E-state index in [-0.39, 0.29) is 11.6 Å². The van der Waals surface area contributed by atoms with Gasteiger partial charge in [0, 0.05) is 31.7 Å². The molecule has 1 rings (SSSR count). The van der Waals surface area contributed by atoms with Gasteiger partial charge in [0.1, 0.15) is 5.75 Å². The van der Waals surface area contributed by atoms with Crippen LogP contribution in [-0.4, -0.2) is 30.3 Å². The van der Waals surface area contributed by atoms with E-state index in [2.05, 4.69) is 11.9 Å². The largest absolute Gasteiger partial charge is 0.492 e. The van der Waals surface area contributed by atoms with Crippen molar-refractivity contribution in [2.24, 2.45) is 5.73 Å². The molecule has 0 bridgehead atoms. The fourth-order valence-corrected chi connectivity index (χ4v) is 1.55. The molecule has 0 aromatic carbocycles. The molecule has 4 nitrogen and oxygen atoms in total. The molecule has 1 unspecified atom stereocenters. The third-order valence-corrected chi connectivity index (χ3v) is 3.32. The fourth-order valence-electron chi connectivity index (χ4n) is 1.55. The zero-order chi connectivity index (χ0) is 14.3. The summed E-state index contributed by atoms with van der Waals surface area (Å²) in [5.41, 5.74) is 6.76. The molecule has 2 N–H and O–H groups in total. The highest BCUT2D eigenvalue weighted by Gasteiger charge is 2.15. The normalized spacial score (nSPS) is 13.3. The summed E-state index contributed by atoms with van der Waals surface area (Å²) in [7, 11) is 1.72. The molecule has 0 aliphatic carbocycles. The van der Waals surface area contributed by atoms with Gasteiger partial charge in [0.25, 0.3) is 0 Å². The SMILES string of the molecule is CCC(N)Cc1ccc(OCCC(C)(C)OC)cn1. The standard InChI is InChI=1S/C15H26N2O2/c1-5-12(16)10-13-6-7-14(11-17-13)19-9-8-15(2,3)18-4/h6-7,11-12H,5,8-10,16H2,1-4H3. The van der Waals surface area contributed by atoms with Gasteiger partial charge < -0.3 is 15.2 Å². The van der Waals surface area contributed by atoms with Crippen molar-refractivity contribution >= 4 is 0 Å². The molecule has 0 spiro atoms. The van der Waals surface area contributed by atoms with E-state index in [4.69, 9.17) is 15.2 Å². The van der Waals surface area contributed by atoms with Gasteiger partial charge in [-0.2, -0.15) is 0 Å². The summed E-state index contributed by atoms with van der Waals surface area (Å²) in [6.45, 7) is 6.80. The lowest BCUT2D eigenvalue weighted by atomic mass is 10.1. The number of rotatable bonds is 8. The van der Waals surface area contributed by atoms with Crippen LogP contribution in [0.1, 0.15) is 39.3 Å². The molecule has 1 heterocycles. The predicted octanol–water partition coefficient (Wildman–Crippen LogP) is 2.56. The molecule has 0 radical (unpaired) electrons. The zero-order valence-corrected chi connectivity index (χ0v) is 12.5. The Morgan fingerprint density at radius 1 is 1.37 bits per heavy atom. The number of nitrogens with two attached hydrogens (primary N) is 1. The average Bonchev–Trinajstić information content (AvgIpc) is 2.40. The van der Waals surface area contributed by atoms with E-state index < -0.39 is 0 Å². The Labute approximate surface area is 116 Å². The minimum Gasteiger partial charge on any atom is -0.492 e. The maximum absolute atomic E-state index is 5.90. The van der Waals surface area contributed by atoms with E-state index in [9.17, 15) is 0 Å². The second kappa shape index (κ2) is 7.46. The van der Waals surface area contributed by atoms with E-state index in [1.54, 1.807) is 13.3 Å². The number of pyridine rings is 1. The Balaban J connectivity index is 2.40. The van der Waals surface area contributed by atoms with Gasteiger partial charge in [-0.15, -0.1) is 0 Å². The molecule has 0 aliphatic heterocycles. The Morgan fingerprint density at radius 2 is 2.11 bits per heavy atom. The summed E-state index contributed by atoms with van der Waals surface area (Å²) in [6.07, 6.45) is 4.38. The molecular weight excluding hydrogens is 240 g/mol. The van der Waals surface area contributed by atoms with Gasteiger partial charge in [0.05, 0.1) is 18.4 Å². The Morgan fingerprint density at radius 3 is 2.63 bits per heavy atom. The summed E-state index contributed by atoms with van der Waals surface area (Å²) < 4.78 is 11.0. The number of methoxy groups -OCH3 is 1. The highest BCUT2D eigenvalue weighted by Crippen LogP contribution is 2.15. The van der Waals surface area contributed by atoms with Crippen LogP contribution in [0.3, 0.4) is 0 Å². The maximum atomic E-state index is 5.90. The van der Waals surface area contributed by atoms with Gasteiger partial charge in [-0.05, 0) is 32.4 Å². The smallest absolute Gasteiger partial charge is 0.137 e. The summed E-state index contributed by atoms with van der Waals surface area (Å²) in [6, 6.07) is 4.11. The lowest BCUT2D eigenvalue weighted by Crippen LogP contribution is -2.25. The highest BCUT2D eigenvalue weighted by atomic mass is 16.5. The zero-order valence-electron chi connectivity index (χ0n) is 12.5. The van der Waals surface area contributed by atoms with Crippen LogP contribution >= 0.6 is 0 Å². The van der Waals surface area contributed by atoms with Crippen LogP contribution in [-0.2, 0) is 11.2 Å². The van der Waals surface area contributed by atoms with Crippen LogP contribution in [0, 0.1) is 0 Å². The molecule has 0 aliphatic rings. The van der Waals surface area contributed by atoms with Crippen LogP contribution in [0.5, 0.6) is 5.75 Å². The molecule has 1 aromatic rings. The average molecular weight is 266 g/mol. The number of hydrogen-bond donors (Lipinski definition) is 1. The third kappa shape index (κ3) is 6.03. The number of nitrogens with zero attached hydrogens (tertiary/aromatic N) is 1. The maximum Gasteiger partial charge on any atom is 0.137 e. The molecule has 0 saturated heterocycles. The Kier molecular flexibility index (Phi) is 6.25. The van der Waals surface area contributed by atoms with Crippen LogP contribution < -0.4 is 10.5 Å². The van der Waals surface area contributed by atoms with Crippen molar-refractivity contribution in [3.63, 3.8) is 0 Å². The van der Waals surface area contributed by atoms with Crippen LogP contribution in [0.2, 0.25) is 0 Å². The summed E-state index contributed by atoms with van der Waals surface area (Å²) in [5, 5.41) is 0. The van der Waals surface area contributed by atoms with Crippen LogP contribution in [0.25, 0.3) is 0 Å². The second-order valence-electron chi connectivity index (χ2n) is 5.42. The van der Waals surface area contributed by atoms with E-state index in [0.29, 0.717) is 6.61 Å². The molecule has 19 heavy (non-hydrogen) atoms. The fraction of sp³-hybridized carbons (Fsp3) is 0.667. The van der Waals surface area contributed by atoms with E-state index in [1.165, 1.54) is 0 Å².